The number of hydrogen-bond acceptors (Lipinski definition) is 5. The molecule has 0 fully saturated rings. The Labute approximate surface area is 127 Å². The molecule has 0 bridgehead atoms. The molecule has 0 aliphatic rings. The van der Waals surface area contributed by atoms with Crippen molar-refractivity contribution in [2.24, 2.45) is 0 Å². The van der Waals surface area contributed by atoms with E-state index in [0.29, 0.717) is 35.9 Å². The molecule has 118 valence electrons. The molecule has 2 unspecified atom stereocenters. The lowest BCUT2D eigenvalue weighted by molar-refractivity contribution is -0.120. The highest BCUT2D eigenvalue weighted by Crippen LogP contribution is 2.26. The number of amides is 1. The third-order valence-electron chi connectivity index (χ3n) is 2.92. The SMILES string of the molecule is COCCCNC(=O)C(C)S(=O)c1ccc(N)cc1OC. The highest BCUT2D eigenvalue weighted by molar-refractivity contribution is 7.86. The summed E-state index contributed by atoms with van der Waals surface area (Å²) in [5, 5.41) is 2.06. The molecule has 21 heavy (non-hydrogen) atoms. The van der Waals surface area contributed by atoms with Crippen LogP contribution in [0.4, 0.5) is 5.69 Å². The van der Waals surface area contributed by atoms with Crippen LogP contribution in [0.1, 0.15) is 13.3 Å². The molecule has 7 heteroatoms. The van der Waals surface area contributed by atoms with Crippen molar-refractivity contribution in [3.63, 3.8) is 0 Å². The zero-order chi connectivity index (χ0) is 15.8. The number of benzene rings is 1. The van der Waals surface area contributed by atoms with Crippen LogP contribution in [-0.4, -0.2) is 42.7 Å². The summed E-state index contributed by atoms with van der Waals surface area (Å²) in [6.45, 7) is 2.69. The van der Waals surface area contributed by atoms with Crippen molar-refractivity contribution in [2.75, 3.05) is 33.1 Å². The van der Waals surface area contributed by atoms with Crippen LogP contribution in [0.2, 0.25) is 0 Å². The molecule has 2 atom stereocenters. The Morgan fingerprint density at radius 3 is 2.76 bits per heavy atom. The van der Waals surface area contributed by atoms with E-state index < -0.39 is 16.0 Å². The molecule has 1 rings (SSSR count). The fraction of sp³-hybridized carbons (Fsp3) is 0.500. The van der Waals surface area contributed by atoms with Gasteiger partial charge in [0.1, 0.15) is 11.0 Å². The van der Waals surface area contributed by atoms with Gasteiger partial charge in [0.25, 0.3) is 0 Å². The number of rotatable bonds is 8. The number of methoxy groups -OCH3 is 2. The van der Waals surface area contributed by atoms with Crippen molar-refractivity contribution >= 4 is 22.4 Å². The van der Waals surface area contributed by atoms with E-state index in [1.165, 1.54) is 7.11 Å². The van der Waals surface area contributed by atoms with Crippen molar-refractivity contribution in [3.05, 3.63) is 18.2 Å². The summed E-state index contributed by atoms with van der Waals surface area (Å²) >= 11 is 0. The van der Waals surface area contributed by atoms with E-state index in [0.717, 1.165) is 0 Å². The van der Waals surface area contributed by atoms with Gasteiger partial charge < -0.3 is 20.5 Å². The van der Waals surface area contributed by atoms with E-state index in [4.69, 9.17) is 15.2 Å². The van der Waals surface area contributed by atoms with Gasteiger partial charge in [0.2, 0.25) is 5.91 Å². The molecule has 0 spiro atoms. The lowest BCUT2D eigenvalue weighted by atomic mass is 10.3. The number of anilines is 1. The van der Waals surface area contributed by atoms with Crippen LogP contribution < -0.4 is 15.8 Å². The third kappa shape index (κ3) is 5.02. The average Bonchev–Trinajstić information content (AvgIpc) is 2.49. The number of carbonyl (C=O) groups is 1. The highest BCUT2D eigenvalue weighted by Gasteiger charge is 2.23. The number of nitrogens with two attached hydrogens (primary N) is 1. The van der Waals surface area contributed by atoms with Crippen LogP contribution in [0, 0.1) is 0 Å². The molecule has 0 heterocycles. The van der Waals surface area contributed by atoms with Crippen molar-refractivity contribution in [2.45, 2.75) is 23.5 Å². The van der Waals surface area contributed by atoms with Gasteiger partial charge in [-0.05, 0) is 25.5 Å². The number of hydrogen-bond donors (Lipinski definition) is 2. The minimum Gasteiger partial charge on any atom is -0.495 e. The van der Waals surface area contributed by atoms with Crippen LogP contribution in [0.3, 0.4) is 0 Å². The first-order valence-corrected chi connectivity index (χ1v) is 7.83. The van der Waals surface area contributed by atoms with E-state index in [2.05, 4.69) is 5.32 Å². The van der Waals surface area contributed by atoms with Gasteiger partial charge >= 0.3 is 0 Å². The first-order chi connectivity index (χ1) is 10.0. The van der Waals surface area contributed by atoms with Gasteiger partial charge in [0.05, 0.1) is 22.8 Å². The van der Waals surface area contributed by atoms with Gasteiger partial charge in [-0.15, -0.1) is 0 Å². The maximum absolute atomic E-state index is 12.5. The number of nitrogen functional groups attached to an aromatic ring is 1. The normalized spacial score (nSPS) is 13.5. The summed E-state index contributed by atoms with van der Waals surface area (Å²) in [6, 6.07) is 4.86. The van der Waals surface area contributed by atoms with Crippen LogP contribution >= 0.6 is 0 Å². The molecule has 6 nitrogen and oxygen atoms in total. The van der Waals surface area contributed by atoms with E-state index in [9.17, 15) is 9.00 Å². The Morgan fingerprint density at radius 1 is 1.43 bits per heavy atom. The van der Waals surface area contributed by atoms with Crippen molar-refractivity contribution < 1.29 is 18.5 Å². The Bertz CT molecular complexity index is 508. The third-order valence-corrected chi connectivity index (χ3v) is 4.55. The fourth-order valence-corrected chi connectivity index (χ4v) is 2.91. The topological polar surface area (TPSA) is 90.7 Å². The first-order valence-electron chi connectivity index (χ1n) is 6.62. The number of carbonyl (C=O) groups excluding carboxylic acids is 1. The van der Waals surface area contributed by atoms with Gasteiger partial charge in [0.15, 0.2) is 0 Å². The van der Waals surface area contributed by atoms with Crippen molar-refractivity contribution in [1.29, 1.82) is 0 Å². The Balaban J connectivity index is 2.71. The molecule has 1 aromatic rings. The maximum Gasteiger partial charge on any atom is 0.235 e. The Kier molecular flexibility index (Phi) is 7.18. The molecule has 0 aliphatic carbocycles. The van der Waals surface area contributed by atoms with Gasteiger partial charge in [-0.2, -0.15) is 0 Å². The van der Waals surface area contributed by atoms with Crippen molar-refractivity contribution in [3.8, 4) is 5.75 Å². The van der Waals surface area contributed by atoms with Crippen LogP contribution in [-0.2, 0) is 20.3 Å². The summed E-state index contributed by atoms with van der Waals surface area (Å²) in [6.07, 6.45) is 0.715. The average molecular weight is 314 g/mol. The van der Waals surface area contributed by atoms with Gasteiger partial charge in [-0.25, -0.2) is 0 Å². The zero-order valence-electron chi connectivity index (χ0n) is 12.5. The summed E-state index contributed by atoms with van der Waals surface area (Å²) in [7, 11) is 1.57. The van der Waals surface area contributed by atoms with E-state index in [1.54, 1.807) is 32.2 Å². The molecule has 0 saturated heterocycles. The molecular formula is C14H22N2O4S. The summed E-state index contributed by atoms with van der Waals surface area (Å²) in [5.74, 6) is 0.163. The predicted molar refractivity (Wildman–Crippen MR) is 82.8 cm³/mol. The minimum atomic E-state index is -1.51. The second-order valence-corrected chi connectivity index (χ2v) is 6.23. The molecule has 0 aromatic heterocycles. The first kappa shape index (κ1) is 17.5. The monoisotopic (exact) mass is 314 g/mol. The molecule has 0 saturated carbocycles. The van der Waals surface area contributed by atoms with Gasteiger partial charge in [-0.1, -0.05) is 0 Å². The standard InChI is InChI=1S/C14H22N2O4S/c1-10(14(17)16-7-4-8-19-2)21(18)13-6-5-11(15)9-12(13)20-3/h5-6,9-10H,4,7-8,15H2,1-3H3,(H,16,17). The molecular weight excluding hydrogens is 292 g/mol. The smallest absolute Gasteiger partial charge is 0.235 e. The second kappa shape index (κ2) is 8.63. The predicted octanol–water partition coefficient (Wildman–Crippen LogP) is 0.926. The lowest BCUT2D eigenvalue weighted by Gasteiger charge is -2.14. The van der Waals surface area contributed by atoms with E-state index in [1.807, 2.05) is 0 Å². The summed E-state index contributed by atoms with van der Waals surface area (Å²) < 4.78 is 22.5. The Hall–Kier alpha value is -1.60. The molecule has 3 N–H and O–H groups in total. The van der Waals surface area contributed by atoms with E-state index in [-0.39, 0.29) is 5.91 Å². The van der Waals surface area contributed by atoms with Crippen LogP contribution in [0.5, 0.6) is 5.75 Å². The molecule has 0 radical (unpaired) electrons. The maximum atomic E-state index is 12.5. The Morgan fingerprint density at radius 2 is 2.14 bits per heavy atom. The molecule has 1 aromatic carbocycles. The highest BCUT2D eigenvalue weighted by atomic mass is 32.2. The van der Waals surface area contributed by atoms with Crippen LogP contribution in [0.25, 0.3) is 0 Å². The van der Waals surface area contributed by atoms with Gasteiger partial charge in [-0.3, -0.25) is 9.00 Å². The molecule has 1 amide bonds. The van der Waals surface area contributed by atoms with Crippen molar-refractivity contribution in [1.82, 2.24) is 5.32 Å². The number of ether oxygens (including phenoxy) is 2. The summed E-state index contributed by atoms with van der Waals surface area (Å²) in [5.41, 5.74) is 6.18. The van der Waals surface area contributed by atoms with Crippen LogP contribution in [0.15, 0.2) is 23.1 Å². The quantitative estimate of drug-likeness (QED) is 0.550. The largest absolute Gasteiger partial charge is 0.495 e. The number of nitrogens with one attached hydrogen (secondary N) is 1. The minimum absolute atomic E-state index is 0.261. The lowest BCUT2D eigenvalue weighted by Crippen LogP contribution is -2.36. The zero-order valence-corrected chi connectivity index (χ0v) is 13.4. The van der Waals surface area contributed by atoms with Gasteiger partial charge in [0, 0.05) is 32.0 Å². The molecule has 0 aliphatic heterocycles. The fourth-order valence-electron chi connectivity index (χ4n) is 1.71. The van der Waals surface area contributed by atoms with E-state index >= 15 is 0 Å². The second-order valence-electron chi connectivity index (χ2n) is 4.49. The summed E-state index contributed by atoms with van der Waals surface area (Å²) in [4.78, 5) is 12.4.